The number of aromatic nitrogens is 3. The molecule has 4 rings (SSSR count). The molecule has 0 aliphatic rings. The number of hydrogen-bond acceptors (Lipinski definition) is 7. The number of non-ortho nitro benzene ring substituents is 1. The van der Waals surface area contributed by atoms with Crippen LogP contribution >= 0.6 is 11.8 Å². The molecule has 204 valence electrons. The van der Waals surface area contributed by atoms with Gasteiger partial charge in [-0.05, 0) is 48.2 Å². The molecule has 0 aliphatic heterocycles. The van der Waals surface area contributed by atoms with E-state index >= 15 is 0 Å². The average Bonchev–Trinajstić information content (AvgIpc) is 3.36. The predicted octanol–water partition coefficient (Wildman–Crippen LogP) is 5.61. The molecule has 0 amide bonds. The summed E-state index contributed by atoms with van der Waals surface area (Å²) in [7, 11) is -3.64. The van der Waals surface area contributed by atoms with Crippen molar-refractivity contribution in [2.75, 3.05) is 5.75 Å². The Morgan fingerprint density at radius 1 is 1.00 bits per heavy atom. The standard InChI is InChI=1S/C27H28FN5O4S2/c1-2-3-17-39(36,37)31-25(18-20-7-5-4-6-8-20)26-29-30-27(38-19-21-9-11-22(28)12-10-21)32(26)23-13-15-24(16-14-23)33(34)35/h4-16,25,31H,2-3,17-19H2,1H3. The van der Waals surface area contributed by atoms with E-state index in [1.165, 1.54) is 36.0 Å². The summed E-state index contributed by atoms with van der Waals surface area (Å²) in [5.41, 5.74) is 2.24. The van der Waals surface area contributed by atoms with Crippen molar-refractivity contribution < 1.29 is 17.7 Å². The molecule has 3 aromatic carbocycles. The van der Waals surface area contributed by atoms with Crippen LogP contribution in [0.25, 0.3) is 5.69 Å². The number of thioether (sulfide) groups is 1. The minimum absolute atomic E-state index is 0.0212. The maximum absolute atomic E-state index is 13.4. The highest BCUT2D eigenvalue weighted by molar-refractivity contribution is 7.98. The van der Waals surface area contributed by atoms with Crippen LogP contribution in [0, 0.1) is 15.9 Å². The fraction of sp³-hybridized carbons (Fsp3) is 0.259. The van der Waals surface area contributed by atoms with Crippen LogP contribution in [-0.2, 0) is 22.2 Å². The van der Waals surface area contributed by atoms with Crippen LogP contribution in [0.3, 0.4) is 0 Å². The summed E-state index contributed by atoms with van der Waals surface area (Å²) in [6, 6.07) is 20.7. The van der Waals surface area contributed by atoms with Gasteiger partial charge in [-0.2, -0.15) is 0 Å². The Hall–Kier alpha value is -3.61. The topological polar surface area (TPSA) is 120 Å². The fourth-order valence-electron chi connectivity index (χ4n) is 3.94. The second kappa shape index (κ2) is 13.0. The van der Waals surface area contributed by atoms with Gasteiger partial charge in [0.05, 0.1) is 16.7 Å². The largest absolute Gasteiger partial charge is 0.273 e. The second-order valence-electron chi connectivity index (χ2n) is 8.90. The number of unbranched alkanes of at least 4 members (excludes halogenated alkanes) is 1. The van der Waals surface area contributed by atoms with Crippen molar-refractivity contribution in [2.24, 2.45) is 0 Å². The zero-order valence-corrected chi connectivity index (χ0v) is 22.9. The van der Waals surface area contributed by atoms with Crippen LogP contribution in [0.2, 0.25) is 0 Å². The SMILES string of the molecule is CCCCS(=O)(=O)NC(Cc1ccccc1)c1nnc(SCc2ccc(F)cc2)n1-c1ccc([N+](=O)[O-])cc1. The zero-order chi connectivity index (χ0) is 27.8. The lowest BCUT2D eigenvalue weighted by molar-refractivity contribution is -0.384. The Balaban J connectivity index is 1.76. The highest BCUT2D eigenvalue weighted by Crippen LogP contribution is 2.30. The van der Waals surface area contributed by atoms with E-state index in [9.17, 15) is 22.9 Å². The highest BCUT2D eigenvalue weighted by atomic mass is 32.2. The number of nitrogens with one attached hydrogen (secondary N) is 1. The lowest BCUT2D eigenvalue weighted by Crippen LogP contribution is -2.33. The molecule has 0 saturated carbocycles. The van der Waals surface area contributed by atoms with E-state index in [1.807, 2.05) is 37.3 Å². The summed E-state index contributed by atoms with van der Waals surface area (Å²) >= 11 is 1.34. The van der Waals surface area contributed by atoms with Gasteiger partial charge in [0.1, 0.15) is 5.82 Å². The number of sulfonamides is 1. The summed E-state index contributed by atoms with van der Waals surface area (Å²) in [6.07, 6.45) is 1.56. The third-order valence-electron chi connectivity index (χ3n) is 5.94. The van der Waals surface area contributed by atoms with Crippen LogP contribution in [0.1, 0.15) is 42.8 Å². The first-order valence-electron chi connectivity index (χ1n) is 12.4. The van der Waals surface area contributed by atoms with Crippen LogP contribution in [-0.4, -0.2) is 33.9 Å². The molecule has 0 radical (unpaired) electrons. The van der Waals surface area contributed by atoms with Gasteiger partial charge in [0.25, 0.3) is 5.69 Å². The molecule has 1 unspecified atom stereocenters. The molecular formula is C27H28FN5O4S2. The zero-order valence-electron chi connectivity index (χ0n) is 21.2. The van der Waals surface area contributed by atoms with E-state index in [2.05, 4.69) is 14.9 Å². The van der Waals surface area contributed by atoms with Crippen LogP contribution < -0.4 is 4.72 Å². The summed E-state index contributed by atoms with van der Waals surface area (Å²) in [5.74, 6) is 0.456. The molecule has 0 fully saturated rings. The van der Waals surface area contributed by atoms with Gasteiger partial charge in [0, 0.05) is 23.6 Å². The lowest BCUT2D eigenvalue weighted by Gasteiger charge is -2.20. The third kappa shape index (κ3) is 7.71. The Morgan fingerprint density at radius 3 is 2.33 bits per heavy atom. The molecule has 0 aliphatic carbocycles. The molecule has 12 heteroatoms. The summed E-state index contributed by atoms with van der Waals surface area (Å²) < 4.78 is 43.9. The number of nitrogens with zero attached hydrogens (tertiary/aromatic N) is 4. The van der Waals surface area contributed by atoms with Crippen molar-refractivity contribution in [1.29, 1.82) is 0 Å². The van der Waals surface area contributed by atoms with E-state index in [1.54, 1.807) is 28.8 Å². The first-order chi connectivity index (χ1) is 18.8. The normalized spacial score (nSPS) is 12.4. The van der Waals surface area contributed by atoms with E-state index in [0.717, 1.165) is 17.5 Å². The second-order valence-corrected chi connectivity index (χ2v) is 11.7. The van der Waals surface area contributed by atoms with Crippen molar-refractivity contribution in [3.8, 4) is 5.69 Å². The third-order valence-corrected chi connectivity index (χ3v) is 8.41. The maximum Gasteiger partial charge on any atom is 0.269 e. The fourth-order valence-corrected chi connectivity index (χ4v) is 6.26. The molecule has 1 heterocycles. The lowest BCUT2D eigenvalue weighted by atomic mass is 10.1. The van der Waals surface area contributed by atoms with Gasteiger partial charge in [-0.25, -0.2) is 17.5 Å². The average molecular weight is 570 g/mol. The van der Waals surface area contributed by atoms with Crippen molar-refractivity contribution in [1.82, 2.24) is 19.5 Å². The Kier molecular flexibility index (Phi) is 9.44. The van der Waals surface area contributed by atoms with E-state index in [-0.39, 0.29) is 17.3 Å². The molecule has 39 heavy (non-hydrogen) atoms. The van der Waals surface area contributed by atoms with Crippen LogP contribution in [0.4, 0.5) is 10.1 Å². The summed E-state index contributed by atoms with van der Waals surface area (Å²) in [5, 5.41) is 20.5. The maximum atomic E-state index is 13.4. The molecule has 9 nitrogen and oxygen atoms in total. The number of nitro benzene ring substituents is 1. The number of benzene rings is 3. The minimum Gasteiger partial charge on any atom is -0.273 e. The molecule has 1 aromatic heterocycles. The Labute approximate surface area is 230 Å². The number of nitro groups is 1. The first kappa shape index (κ1) is 28.4. The van der Waals surface area contributed by atoms with Gasteiger partial charge in [-0.15, -0.1) is 10.2 Å². The smallest absolute Gasteiger partial charge is 0.269 e. The number of rotatable bonds is 13. The number of hydrogen-bond donors (Lipinski definition) is 1. The minimum atomic E-state index is -3.64. The summed E-state index contributed by atoms with van der Waals surface area (Å²) in [4.78, 5) is 10.8. The molecule has 0 bridgehead atoms. The van der Waals surface area contributed by atoms with Gasteiger partial charge < -0.3 is 0 Å². The number of halogens is 1. The highest BCUT2D eigenvalue weighted by Gasteiger charge is 2.27. The van der Waals surface area contributed by atoms with Crippen molar-refractivity contribution >= 4 is 27.5 Å². The van der Waals surface area contributed by atoms with E-state index < -0.39 is 21.0 Å². The molecule has 0 spiro atoms. The molecule has 1 N–H and O–H groups in total. The quantitative estimate of drug-likeness (QED) is 0.126. The van der Waals surface area contributed by atoms with Crippen molar-refractivity contribution in [3.05, 3.63) is 112 Å². The summed E-state index contributed by atoms with van der Waals surface area (Å²) in [6.45, 7) is 1.92. The van der Waals surface area contributed by atoms with Gasteiger partial charge in [0.2, 0.25) is 10.0 Å². The molecule has 0 saturated heterocycles. The van der Waals surface area contributed by atoms with Gasteiger partial charge >= 0.3 is 0 Å². The van der Waals surface area contributed by atoms with E-state index in [4.69, 9.17) is 0 Å². The van der Waals surface area contributed by atoms with Gasteiger partial charge in [-0.1, -0.05) is 67.6 Å². The van der Waals surface area contributed by atoms with Crippen LogP contribution in [0.15, 0.2) is 84.0 Å². The Bertz CT molecular complexity index is 1500. The van der Waals surface area contributed by atoms with Gasteiger partial charge in [-0.3, -0.25) is 14.7 Å². The van der Waals surface area contributed by atoms with Gasteiger partial charge in [0.15, 0.2) is 11.0 Å². The van der Waals surface area contributed by atoms with Crippen LogP contribution in [0.5, 0.6) is 0 Å². The van der Waals surface area contributed by atoms with Crippen molar-refractivity contribution in [3.63, 3.8) is 0 Å². The first-order valence-corrected chi connectivity index (χ1v) is 15.0. The Morgan fingerprint density at radius 2 is 1.69 bits per heavy atom. The molecule has 1 atom stereocenters. The predicted molar refractivity (Wildman–Crippen MR) is 149 cm³/mol. The molecular weight excluding hydrogens is 541 g/mol. The van der Waals surface area contributed by atoms with E-state index in [0.29, 0.717) is 35.3 Å². The monoisotopic (exact) mass is 569 g/mol. The molecule has 4 aromatic rings. The van der Waals surface area contributed by atoms with Crippen molar-refractivity contribution in [2.45, 2.75) is 43.1 Å².